The van der Waals surface area contributed by atoms with Crippen LogP contribution in [0.1, 0.15) is 50.3 Å². The highest BCUT2D eigenvalue weighted by molar-refractivity contribution is 5.24. The van der Waals surface area contributed by atoms with E-state index in [0.29, 0.717) is 5.88 Å². The van der Waals surface area contributed by atoms with Crippen molar-refractivity contribution < 1.29 is 9.47 Å². The SMILES string of the molecule is CNC(c1nccnc1OC)C1(OC)CCCCCC1. The number of likely N-dealkylation sites (N-methyl/N-ethyl adjacent to an activating group) is 1. The average Bonchev–Trinajstić information content (AvgIpc) is 2.75. The zero-order chi connectivity index (χ0) is 14.4. The molecule has 0 saturated heterocycles. The molecule has 1 aliphatic rings. The lowest BCUT2D eigenvalue weighted by molar-refractivity contribution is -0.0539. The number of nitrogens with one attached hydrogen (secondary N) is 1. The number of methoxy groups -OCH3 is 2. The van der Waals surface area contributed by atoms with Crippen molar-refractivity contribution in [3.8, 4) is 5.88 Å². The quantitative estimate of drug-likeness (QED) is 0.839. The van der Waals surface area contributed by atoms with Gasteiger partial charge in [-0.1, -0.05) is 25.7 Å². The fourth-order valence-electron chi connectivity index (χ4n) is 3.28. The Hall–Kier alpha value is -1.20. The van der Waals surface area contributed by atoms with E-state index in [4.69, 9.17) is 9.47 Å². The molecule has 112 valence electrons. The maximum atomic E-state index is 5.98. The minimum atomic E-state index is -0.228. The van der Waals surface area contributed by atoms with Crippen LogP contribution < -0.4 is 10.1 Å². The molecule has 1 aromatic rings. The highest BCUT2D eigenvalue weighted by atomic mass is 16.5. The first-order valence-corrected chi connectivity index (χ1v) is 7.34. The van der Waals surface area contributed by atoms with Crippen molar-refractivity contribution in [1.82, 2.24) is 15.3 Å². The van der Waals surface area contributed by atoms with Crippen LogP contribution in [0.2, 0.25) is 0 Å². The van der Waals surface area contributed by atoms with E-state index in [1.807, 2.05) is 7.05 Å². The van der Waals surface area contributed by atoms with Crippen LogP contribution in [0.4, 0.5) is 0 Å². The summed E-state index contributed by atoms with van der Waals surface area (Å²) in [7, 11) is 5.38. The lowest BCUT2D eigenvalue weighted by Crippen LogP contribution is -2.44. The molecule has 0 bridgehead atoms. The second kappa shape index (κ2) is 6.99. The molecule has 0 aromatic carbocycles. The van der Waals surface area contributed by atoms with Crippen LogP contribution in [0, 0.1) is 0 Å². The molecule has 1 unspecified atom stereocenters. The van der Waals surface area contributed by atoms with Crippen molar-refractivity contribution in [3.63, 3.8) is 0 Å². The fourth-order valence-corrected chi connectivity index (χ4v) is 3.28. The van der Waals surface area contributed by atoms with Gasteiger partial charge in [0.05, 0.1) is 18.8 Å². The third kappa shape index (κ3) is 2.94. The van der Waals surface area contributed by atoms with Gasteiger partial charge >= 0.3 is 0 Å². The highest BCUT2D eigenvalue weighted by Gasteiger charge is 2.41. The molecule has 1 aromatic heterocycles. The van der Waals surface area contributed by atoms with E-state index in [2.05, 4.69) is 15.3 Å². The van der Waals surface area contributed by atoms with Gasteiger partial charge in [0.25, 0.3) is 0 Å². The number of hydrogen-bond donors (Lipinski definition) is 1. The first-order valence-electron chi connectivity index (χ1n) is 7.34. The van der Waals surface area contributed by atoms with E-state index in [9.17, 15) is 0 Å². The molecule has 1 fully saturated rings. The van der Waals surface area contributed by atoms with Gasteiger partial charge in [-0.2, -0.15) is 0 Å². The van der Waals surface area contributed by atoms with E-state index < -0.39 is 0 Å². The Morgan fingerprint density at radius 1 is 1.10 bits per heavy atom. The number of hydrogen-bond acceptors (Lipinski definition) is 5. The minimum absolute atomic E-state index is 0.00532. The third-order valence-electron chi connectivity index (χ3n) is 4.33. The molecule has 5 heteroatoms. The normalized spacial score (nSPS) is 20.1. The fraction of sp³-hybridized carbons (Fsp3) is 0.733. The second-order valence-electron chi connectivity index (χ2n) is 5.36. The van der Waals surface area contributed by atoms with Crippen molar-refractivity contribution in [2.45, 2.75) is 50.2 Å². The Morgan fingerprint density at radius 3 is 2.30 bits per heavy atom. The maximum absolute atomic E-state index is 5.98. The topological polar surface area (TPSA) is 56.3 Å². The summed E-state index contributed by atoms with van der Waals surface area (Å²) in [6.45, 7) is 0. The molecule has 0 amide bonds. The smallest absolute Gasteiger partial charge is 0.237 e. The minimum Gasteiger partial charge on any atom is -0.480 e. The van der Waals surface area contributed by atoms with Gasteiger partial charge in [-0.05, 0) is 19.9 Å². The molecule has 2 rings (SSSR count). The number of rotatable bonds is 5. The standard InChI is InChI=1S/C15H25N3O2/c1-16-13(12-14(19-2)18-11-10-17-12)15(20-3)8-6-4-5-7-9-15/h10-11,13,16H,4-9H2,1-3H3. The van der Waals surface area contributed by atoms with Crippen molar-refractivity contribution in [2.75, 3.05) is 21.3 Å². The van der Waals surface area contributed by atoms with Crippen LogP contribution >= 0.6 is 0 Å². The number of aromatic nitrogens is 2. The molecule has 1 aliphatic carbocycles. The molecule has 20 heavy (non-hydrogen) atoms. The molecular weight excluding hydrogens is 254 g/mol. The Kier molecular flexibility index (Phi) is 5.31. The van der Waals surface area contributed by atoms with Crippen LogP contribution in [-0.4, -0.2) is 36.8 Å². The Labute approximate surface area is 121 Å². The Morgan fingerprint density at radius 2 is 1.75 bits per heavy atom. The maximum Gasteiger partial charge on any atom is 0.237 e. The molecule has 0 radical (unpaired) electrons. The monoisotopic (exact) mass is 279 g/mol. The van der Waals surface area contributed by atoms with Crippen LogP contribution in [0.15, 0.2) is 12.4 Å². The van der Waals surface area contributed by atoms with Crippen LogP contribution in [0.25, 0.3) is 0 Å². The molecule has 1 heterocycles. The van der Waals surface area contributed by atoms with Crippen molar-refractivity contribution >= 4 is 0 Å². The predicted molar refractivity (Wildman–Crippen MR) is 77.8 cm³/mol. The molecular formula is C15H25N3O2. The lowest BCUT2D eigenvalue weighted by atomic mass is 9.84. The van der Waals surface area contributed by atoms with Crippen LogP contribution in [0.3, 0.4) is 0 Å². The van der Waals surface area contributed by atoms with Gasteiger partial charge in [0, 0.05) is 19.5 Å². The second-order valence-corrected chi connectivity index (χ2v) is 5.36. The third-order valence-corrected chi connectivity index (χ3v) is 4.33. The van der Waals surface area contributed by atoms with Crippen LogP contribution in [0.5, 0.6) is 5.88 Å². The zero-order valence-corrected chi connectivity index (χ0v) is 12.7. The summed E-state index contributed by atoms with van der Waals surface area (Å²) in [6, 6.07) is -0.00532. The molecule has 5 nitrogen and oxygen atoms in total. The largest absolute Gasteiger partial charge is 0.480 e. The summed E-state index contributed by atoms with van der Waals surface area (Å²) in [4.78, 5) is 8.76. The molecule has 1 saturated carbocycles. The zero-order valence-electron chi connectivity index (χ0n) is 12.7. The van der Waals surface area contributed by atoms with Crippen molar-refractivity contribution in [2.24, 2.45) is 0 Å². The van der Waals surface area contributed by atoms with Crippen LogP contribution in [-0.2, 0) is 4.74 Å². The van der Waals surface area contributed by atoms with E-state index in [1.165, 1.54) is 25.7 Å². The van der Waals surface area contributed by atoms with E-state index in [1.54, 1.807) is 26.6 Å². The van der Waals surface area contributed by atoms with Gasteiger partial charge < -0.3 is 14.8 Å². The van der Waals surface area contributed by atoms with Gasteiger partial charge in [0.1, 0.15) is 5.69 Å². The summed E-state index contributed by atoms with van der Waals surface area (Å²) in [5.74, 6) is 0.576. The van der Waals surface area contributed by atoms with Gasteiger partial charge in [0.2, 0.25) is 5.88 Å². The molecule has 0 spiro atoms. The molecule has 0 aliphatic heterocycles. The first-order chi connectivity index (χ1) is 9.77. The van der Waals surface area contributed by atoms with Gasteiger partial charge in [-0.25, -0.2) is 4.98 Å². The summed E-state index contributed by atoms with van der Waals surface area (Å²) >= 11 is 0. The molecule has 1 atom stereocenters. The first kappa shape index (κ1) is 15.2. The average molecular weight is 279 g/mol. The number of nitrogens with zero attached hydrogens (tertiary/aromatic N) is 2. The van der Waals surface area contributed by atoms with Gasteiger partial charge in [-0.15, -0.1) is 0 Å². The van der Waals surface area contributed by atoms with E-state index in [0.717, 1.165) is 18.5 Å². The summed E-state index contributed by atoms with van der Waals surface area (Å²) in [5, 5.41) is 3.37. The predicted octanol–water partition coefficient (Wildman–Crippen LogP) is 2.49. The Balaban J connectivity index is 2.37. The summed E-state index contributed by atoms with van der Waals surface area (Å²) in [5.41, 5.74) is 0.607. The lowest BCUT2D eigenvalue weighted by Gasteiger charge is -2.38. The number of ether oxygens (including phenoxy) is 2. The van der Waals surface area contributed by atoms with Gasteiger partial charge in [0.15, 0.2) is 0 Å². The van der Waals surface area contributed by atoms with Gasteiger partial charge in [-0.3, -0.25) is 4.98 Å². The van der Waals surface area contributed by atoms with E-state index in [-0.39, 0.29) is 11.6 Å². The summed E-state index contributed by atoms with van der Waals surface area (Å²) in [6.07, 6.45) is 10.4. The van der Waals surface area contributed by atoms with Crippen molar-refractivity contribution in [3.05, 3.63) is 18.1 Å². The Bertz CT molecular complexity index is 417. The van der Waals surface area contributed by atoms with Crippen molar-refractivity contribution in [1.29, 1.82) is 0 Å². The summed E-state index contributed by atoms with van der Waals surface area (Å²) < 4.78 is 11.4. The molecule has 1 N–H and O–H groups in total. The highest BCUT2D eigenvalue weighted by Crippen LogP contribution is 2.41. The van der Waals surface area contributed by atoms with E-state index >= 15 is 0 Å².